The summed E-state index contributed by atoms with van der Waals surface area (Å²) in [6.45, 7) is 0. The highest BCUT2D eigenvalue weighted by Crippen LogP contribution is 2.01. The Morgan fingerprint density at radius 2 is 2.33 bits per heavy atom. The van der Waals surface area contributed by atoms with Gasteiger partial charge in [-0.2, -0.15) is 0 Å². The Kier molecular flexibility index (Phi) is 1.78. The molecule has 2 amide bonds. The maximum absolute atomic E-state index is 10.6. The minimum Gasteiger partial charge on any atom is -0.295 e. The molecule has 1 fully saturated rings. The molecule has 9 heavy (non-hydrogen) atoms. The summed E-state index contributed by atoms with van der Waals surface area (Å²) in [5.74, 6) is -0.449. The molecule has 2 N–H and O–H groups in total. The van der Waals surface area contributed by atoms with Gasteiger partial charge < -0.3 is 0 Å². The zero-order chi connectivity index (χ0) is 6.85. The fourth-order valence-electron chi connectivity index (χ4n) is 0.688. The van der Waals surface area contributed by atoms with Gasteiger partial charge in [0, 0.05) is 0 Å². The highest BCUT2D eigenvalue weighted by atomic mass is 31.0. The van der Waals surface area contributed by atoms with Gasteiger partial charge in [0.25, 0.3) is 0 Å². The summed E-state index contributed by atoms with van der Waals surface area (Å²) in [5.41, 5.74) is 0. The summed E-state index contributed by atoms with van der Waals surface area (Å²) >= 11 is 0. The monoisotopic (exact) mass is 146 g/mol. The van der Waals surface area contributed by atoms with Crippen LogP contribution in [0.15, 0.2) is 0 Å². The molecule has 1 heterocycles. The van der Waals surface area contributed by atoms with Crippen LogP contribution in [0.25, 0.3) is 0 Å². The summed E-state index contributed by atoms with van der Waals surface area (Å²) in [5, 5.41) is 4.79. The van der Waals surface area contributed by atoms with Gasteiger partial charge in [0.05, 0.1) is 12.5 Å². The molecule has 0 aromatic rings. The van der Waals surface area contributed by atoms with Crippen molar-refractivity contribution < 1.29 is 9.59 Å². The number of carbonyl (C=O) groups excluding carboxylic acids is 2. The van der Waals surface area contributed by atoms with Crippen LogP contribution in [-0.4, -0.2) is 17.9 Å². The Balaban J connectivity index is 2.58. The zero-order valence-electron chi connectivity index (χ0n) is 4.68. The third-order valence-electron chi connectivity index (χ3n) is 1.17. The van der Waals surface area contributed by atoms with Crippen molar-refractivity contribution in [3.63, 3.8) is 0 Å². The maximum atomic E-state index is 10.6. The van der Waals surface area contributed by atoms with Gasteiger partial charge >= 0.3 is 0 Å². The molecule has 1 aliphatic heterocycles. The van der Waals surface area contributed by atoms with Crippen molar-refractivity contribution in [2.45, 2.75) is 12.5 Å². The van der Waals surface area contributed by atoms with Crippen LogP contribution in [0.5, 0.6) is 0 Å². The van der Waals surface area contributed by atoms with Gasteiger partial charge in [-0.3, -0.25) is 20.0 Å². The molecule has 4 nitrogen and oxygen atoms in total. The molecular weight excluding hydrogens is 139 g/mol. The third-order valence-corrected chi connectivity index (χ3v) is 1.57. The summed E-state index contributed by atoms with van der Waals surface area (Å²) in [6, 6.07) is -0.345. The Hall–Kier alpha value is -0.470. The van der Waals surface area contributed by atoms with Crippen molar-refractivity contribution in [2.24, 2.45) is 0 Å². The first-order valence-corrected chi connectivity index (χ1v) is 3.11. The number of hydrogen-bond acceptors (Lipinski definition) is 3. The van der Waals surface area contributed by atoms with Crippen molar-refractivity contribution >= 4 is 21.2 Å². The fraction of sp³-hybridized carbons (Fsp3) is 0.500. The normalized spacial score (nSPS) is 26.6. The van der Waals surface area contributed by atoms with Gasteiger partial charge in [-0.25, -0.2) is 0 Å². The van der Waals surface area contributed by atoms with Crippen molar-refractivity contribution in [3.8, 4) is 0 Å². The number of hydrogen-bond donors (Lipinski definition) is 2. The van der Waals surface area contributed by atoms with E-state index < -0.39 is 0 Å². The lowest BCUT2D eigenvalue weighted by Crippen LogP contribution is -2.30. The van der Waals surface area contributed by atoms with Gasteiger partial charge in [-0.05, 0) is 0 Å². The molecule has 0 saturated carbocycles. The first-order valence-electron chi connectivity index (χ1n) is 2.54. The predicted octanol–water partition coefficient (Wildman–Crippen LogP) is -1.22. The van der Waals surface area contributed by atoms with E-state index in [0.717, 1.165) is 0 Å². The fourth-order valence-corrected chi connectivity index (χ4v) is 0.957. The van der Waals surface area contributed by atoms with E-state index in [1.807, 2.05) is 0 Å². The van der Waals surface area contributed by atoms with Crippen LogP contribution >= 0.6 is 9.39 Å². The quantitative estimate of drug-likeness (QED) is 0.360. The smallest absolute Gasteiger partial charge is 0.244 e. The number of rotatable bonds is 1. The molecule has 0 radical (unpaired) electrons. The molecule has 2 unspecified atom stereocenters. The van der Waals surface area contributed by atoms with E-state index in [2.05, 4.69) is 19.8 Å². The van der Waals surface area contributed by atoms with Crippen molar-refractivity contribution in [1.82, 2.24) is 10.4 Å². The van der Waals surface area contributed by atoms with Crippen molar-refractivity contribution in [3.05, 3.63) is 0 Å². The second-order valence-electron chi connectivity index (χ2n) is 1.84. The molecule has 1 aliphatic rings. The van der Waals surface area contributed by atoms with Gasteiger partial charge in [-0.1, -0.05) is 9.39 Å². The average Bonchev–Trinajstić information content (AvgIpc) is 2.10. The topological polar surface area (TPSA) is 58.2 Å². The van der Waals surface area contributed by atoms with E-state index >= 15 is 0 Å². The third kappa shape index (κ3) is 1.26. The van der Waals surface area contributed by atoms with Crippen LogP contribution in [0.3, 0.4) is 0 Å². The molecule has 50 valence electrons. The van der Waals surface area contributed by atoms with Crippen LogP contribution in [0.1, 0.15) is 6.42 Å². The average molecular weight is 146 g/mol. The number of amides is 2. The lowest BCUT2D eigenvalue weighted by molar-refractivity contribution is -0.125. The molecule has 1 rings (SSSR count). The van der Waals surface area contributed by atoms with Crippen LogP contribution in [0.2, 0.25) is 0 Å². The second kappa shape index (κ2) is 2.42. The highest BCUT2D eigenvalue weighted by Gasteiger charge is 2.28. The molecule has 5 heteroatoms. The lowest BCUT2D eigenvalue weighted by atomic mass is 10.3. The van der Waals surface area contributed by atoms with E-state index in [-0.39, 0.29) is 24.3 Å². The second-order valence-corrected chi connectivity index (χ2v) is 2.17. The lowest BCUT2D eigenvalue weighted by Gasteiger charge is -1.99. The minimum atomic E-state index is -0.345. The van der Waals surface area contributed by atoms with Crippen LogP contribution in [0, 0.1) is 0 Å². The van der Waals surface area contributed by atoms with Gasteiger partial charge in [0.15, 0.2) is 0 Å². The minimum absolute atomic E-state index is 0.208. The molecule has 2 atom stereocenters. The summed E-state index contributed by atoms with van der Waals surface area (Å²) < 4.78 is 0. The van der Waals surface area contributed by atoms with Crippen LogP contribution in [-0.2, 0) is 9.59 Å². The predicted molar refractivity (Wildman–Crippen MR) is 34.4 cm³/mol. The standard InChI is InChI=1S/C4H7N2O2P/c7-3-1-2(6-9)4(8)5-3/h2,6H,1,9H2,(H,5,7,8). The zero-order valence-corrected chi connectivity index (χ0v) is 5.83. The first kappa shape index (κ1) is 6.65. The molecule has 0 aromatic carbocycles. The van der Waals surface area contributed by atoms with Crippen LogP contribution in [0.4, 0.5) is 0 Å². The Labute approximate surface area is 54.6 Å². The van der Waals surface area contributed by atoms with Gasteiger partial charge in [0.2, 0.25) is 11.8 Å². The summed E-state index contributed by atoms with van der Waals surface area (Å²) in [6.07, 6.45) is 0.252. The largest absolute Gasteiger partial charge is 0.295 e. The van der Waals surface area contributed by atoms with Gasteiger partial charge in [-0.15, -0.1) is 0 Å². The SMILES string of the molecule is O=C1CC(NP)C(=O)N1. The number of nitrogens with one attached hydrogen (secondary N) is 2. The Morgan fingerprint density at radius 3 is 2.56 bits per heavy atom. The molecular formula is C4H7N2O2P. The summed E-state index contributed by atoms with van der Waals surface area (Å²) in [4.78, 5) is 21.0. The first-order chi connectivity index (χ1) is 4.24. The van der Waals surface area contributed by atoms with E-state index in [1.54, 1.807) is 0 Å². The molecule has 0 aromatic heterocycles. The molecule has 1 saturated heterocycles. The maximum Gasteiger partial charge on any atom is 0.244 e. The van der Waals surface area contributed by atoms with E-state index in [9.17, 15) is 9.59 Å². The highest BCUT2D eigenvalue weighted by molar-refractivity contribution is 7.13. The van der Waals surface area contributed by atoms with Crippen molar-refractivity contribution in [2.75, 3.05) is 0 Å². The summed E-state index contributed by atoms with van der Waals surface area (Å²) in [7, 11) is 2.20. The number of imide groups is 1. The Bertz CT molecular complexity index is 159. The van der Waals surface area contributed by atoms with E-state index in [4.69, 9.17) is 0 Å². The molecule has 0 aliphatic carbocycles. The van der Waals surface area contributed by atoms with Gasteiger partial charge in [0.1, 0.15) is 0 Å². The molecule has 0 bridgehead atoms. The number of carbonyl (C=O) groups is 2. The van der Waals surface area contributed by atoms with E-state index in [1.165, 1.54) is 0 Å². The van der Waals surface area contributed by atoms with E-state index in [0.29, 0.717) is 0 Å². The van der Waals surface area contributed by atoms with Crippen molar-refractivity contribution in [1.29, 1.82) is 0 Å². The van der Waals surface area contributed by atoms with Crippen LogP contribution < -0.4 is 10.4 Å². The Morgan fingerprint density at radius 1 is 1.67 bits per heavy atom. The molecule has 0 spiro atoms.